The first-order valence-electron chi connectivity index (χ1n) is 10.7. The minimum absolute atomic E-state index is 0. The minimum Gasteiger partial charge on any atom is -0.364 e. The molecule has 0 bridgehead atoms. The molecule has 0 spiro atoms. The number of rotatable bonds is 6. The van der Waals surface area contributed by atoms with Crippen LogP contribution in [-0.2, 0) is 11.3 Å². The van der Waals surface area contributed by atoms with Gasteiger partial charge in [-0.3, -0.25) is 14.7 Å². The fraction of sp³-hybridized carbons (Fsp3) is 0.545. The first kappa shape index (κ1) is 22.9. The lowest BCUT2D eigenvalue weighted by atomic mass is 10.2. The van der Waals surface area contributed by atoms with Crippen molar-refractivity contribution < 1.29 is 4.79 Å². The molecule has 1 aliphatic carbocycles. The molecule has 8 heteroatoms. The Morgan fingerprint density at radius 1 is 1.13 bits per heavy atom. The van der Waals surface area contributed by atoms with Crippen LogP contribution in [0.3, 0.4) is 0 Å². The van der Waals surface area contributed by atoms with E-state index in [1.165, 1.54) is 11.3 Å². The molecule has 2 aliphatic heterocycles. The Labute approximate surface area is 196 Å². The predicted molar refractivity (Wildman–Crippen MR) is 133 cm³/mol. The number of hydrogen-bond donors (Lipinski definition) is 2. The summed E-state index contributed by atoms with van der Waals surface area (Å²) in [6, 6.07) is 9.14. The topological polar surface area (TPSA) is 63.2 Å². The lowest BCUT2D eigenvalue weighted by molar-refractivity contribution is -0.122. The van der Waals surface area contributed by atoms with Crippen molar-refractivity contribution >= 4 is 41.5 Å². The van der Waals surface area contributed by atoms with Gasteiger partial charge in [-0.25, -0.2) is 0 Å². The van der Waals surface area contributed by atoms with E-state index in [2.05, 4.69) is 66.7 Å². The molecule has 0 radical (unpaired) electrons. The van der Waals surface area contributed by atoms with Crippen molar-refractivity contribution in [1.29, 1.82) is 0 Å². The molecular weight excluding hydrogens is 491 g/mol. The van der Waals surface area contributed by atoms with Gasteiger partial charge in [-0.05, 0) is 30.5 Å². The van der Waals surface area contributed by atoms with Crippen LogP contribution in [0.15, 0.2) is 41.4 Å². The van der Waals surface area contributed by atoms with Crippen LogP contribution in [0.1, 0.15) is 18.4 Å². The number of nitrogens with zero attached hydrogens (tertiary/aromatic N) is 4. The standard InChI is InChI=1S/C22H32N6O.HI/c1-23-22(24-16-18-5-4-6-20(15-18)27-9-2-3-10-27)28-13-11-26(12-14-28)17-21(29)25-19-7-8-19;/h2-6,15,19H,7-14,16-17H2,1H3,(H,23,24)(H,25,29);1H. The van der Waals surface area contributed by atoms with Crippen molar-refractivity contribution in [2.45, 2.75) is 25.4 Å². The van der Waals surface area contributed by atoms with E-state index in [1.807, 2.05) is 7.05 Å². The zero-order chi connectivity index (χ0) is 20.1. The zero-order valence-electron chi connectivity index (χ0n) is 17.7. The highest BCUT2D eigenvalue weighted by Crippen LogP contribution is 2.19. The van der Waals surface area contributed by atoms with Crippen LogP contribution in [0.25, 0.3) is 0 Å². The van der Waals surface area contributed by atoms with Gasteiger partial charge in [-0.2, -0.15) is 0 Å². The van der Waals surface area contributed by atoms with E-state index in [9.17, 15) is 4.79 Å². The highest BCUT2D eigenvalue weighted by atomic mass is 127. The molecule has 2 heterocycles. The Morgan fingerprint density at radius 3 is 2.53 bits per heavy atom. The third-order valence-corrected chi connectivity index (χ3v) is 5.74. The molecule has 1 saturated carbocycles. The molecule has 1 aromatic carbocycles. The average Bonchev–Trinajstić information content (AvgIpc) is 3.37. The number of anilines is 1. The van der Waals surface area contributed by atoms with E-state index < -0.39 is 0 Å². The molecule has 1 aromatic rings. The van der Waals surface area contributed by atoms with Gasteiger partial charge in [0.25, 0.3) is 0 Å². The first-order valence-corrected chi connectivity index (χ1v) is 10.7. The van der Waals surface area contributed by atoms with Gasteiger partial charge in [0.15, 0.2) is 5.96 Å². The van der Waals surface area contributed by atoms with Crippen LogP contribution in [0.4, 0.5) is 5.69 Å². The Balaban J connectivity index is 0.00000256. The third-order valence-electron chi connectivity index (χ3n) is 5.74. The normalized spacial score (nSPS) is 19.6. The van der Waals surface area contributed by atoms with E-state index >= 15 is 0 Å². The Hall–Kier alpha value is -1.81. The van der Waals surface area contributed by atoms with Gasteiger partial charge in [-0.1, -0.05) is 24.3 Å². The molecule has 2 fully saturated rings. The third kappa shape index (κ3) is 6.34. The van der Waals surface area contributed by atoms with Crippen LogP contribution in [0.5, 0.6) is 0 Å². The van der Waals surface area contributed by atoms with Crippen LogP contribution >= 0.6 is 24.0 Å². The summed E-state index contributed by atoms with van der Waals surface area (Å²) in [6.45, 7) is 6.78. The van der Waals surface area contributed by atoms with E-state index in [4.69, 9.17) is 0 Å². The average molecular weight is 524 g/mol. The van der Waals surface area contributed by atoms with Gasteiger partial charge in [-0.15, -0.1) is 24.0 Å². The van der Waals surface area contributed by atoms with Crippen molar-refractivity contribution in [3.63, 3.8) is 0 Å². The van der Waals surface area contributed by atoms with Crippen LogP contribution < -0.4 is 15.5 Å². The lowest BCUT2D eigenvalue weighted by Crippen LogP contribution is -2.54. The van der Waals surface area contributed by atoms with E-state index in [0.717, 1.165) is 64.6 Å². The van der Waals surface area contributed by atoms with Crippen molar-refractivity contribution in [1.82, 2.24) is 20.4 Å². The van der Waals surface area contributed by atoms with Crippen molar-refractivity contribution in [2.24, 2.45) is 4.99 Å². The number of guanidine groups is 1. The summed E-state index contributed by atoms with van der Waals surface area (Å²) in [5, 5.41) is 6.58. The highest BCUT2D eigenvalue weighted by molar-refractivity contribution is 14.0. The molecular formula is C22H33IN6O. The molecule has 1 amide bonds. The number of benzene rings is 1. The largest absolute Gasteiger partial charge is 0.364 e. The summed E-state index contributed by atoms with van der Waals surface area (Å²) in [7, 11) is 1.84. The quantitative estimate of drug-likeness (QED) is 0.257. The fourth-order valence-corrected chi connectivity index (χ4v) is 3.89. The number of carbonyl (C=O) groups is 1. The van der Waals surface area contributed by atoms with Gasteiger partial charge < -0.3 is 20.4 Å². The van der Waals surface area contributed by atoms with Crippen LogP contribution in [0.2, 0.25) is 0 Å². The number of carbonyl (C=O) groups excluding carboxylic acids is 1. The summed E-state index contributed by atoms with van der Waals surface area (Å²) < 4.78 is 0. The molecule has 0 atom stereocenters. The molecule has 3 aliphatic rings. The van der Waals surface area contributed by atoms with Gasteiger partial charge >= 0.3 is 0 Å². The molecule has 0 unspecified atom stereocenters. The number of piperazine rings is 1. The first-order chi connectivity index (χ1) is 14.2. The Kier molecular flexibility index (Phi) is 8.38. The maximum atomic E-state index is 12.0. The molecule has 4 rings (SSSR count). The van der Waals surface area contributed by atoms with Crippen LogP contribution in [-0.4, -0.2) is 80.6 Å². The van der Waals surface area contributed by atoms with Crippen molar-refractivity contribution in [2.75, 3.05) is 57.8 Å². The van der Waals surface area contributed by atoms with E-state index in [0.29, 0.717) is 12.6 Å². The molecule has 0 aromatic heterocycles. The monoisotopic (exact) mass is 524 g/mol. The van der Waals surface area contributed by atoms with Crippen molar-refractivity contribution in [3.8, 4) is 0 Å². The maximum absolute atomic E-state index is 12.0. The van der Waals surface area contributed by atoms with Crippen molar-refractivity contribution in [3.05, 3.63) is 42.0 Å². The summed E-state index contributed by atoms with van der Waals surface area (Å²) in [6.07, 6.45) is 6.70. The second-order valence-electron chi connectivity index (χ2n) is 8.05. The second kappa shape index (κ2) is 11.0. The zero-order valence-corrected chi connectivity index (χ0v) is 20.0. The number of aliphatic imine (C=N–C) groups is 1. The number of amides is 1. The smallest absolute Gasteiger partial charge is 0.234 e. The minimum atomic E-state index is 0. The molecule has 7 nitrogen and oxygen atoms in total. The highest BCUT2D eigenvalue weighted by Gasteiger charge is 2.25. The maximum Gasteiger partial charge on any atom is 0.234 e. The number of hydrogen-bond acceptors (Lipinski definition) is 4. The van der Waals surface area contributed by atoms with Gasteiger partial charge in [0, 0.05) is 64.6 Å². The molecule has 30 heavy (non-hydrogen) atoms. The summed E-state index contributed by atoms with van der Waals surface area (Å²) in [5.41, 5.74) is 2.52. The van der Waals surface area contributed by atoms with Gasteiger partial charge in [0.05, 0.1) is 6.54 Å². The lowest BCUT2D eigenvalue weighted by Gasteiger charge is -2.36. The predicted octanol–water partition coefficient (Wildman–Crippen LogP) is 1.65. The second-order valence-corrected chi connectivity index (χ2v) is 8.05. The molecule has 1 saturated heterocycles. The summed E-state index contributed by atoms with van der Waals surface area (Å²) in [5.74, 6) is 1.09. The number of nitrogens with one attached hydrogen (secondary N) is 2. The van der Waals surface area contributed by atoms with E-state index in [1.54, 1.807) is 0 Å². The fourth-order valence-electron chi connectivity index (χ4n) is 3.89. The SMILES string of the molecule is CN=C(NCc1cccc(N2CC=CC2)c1)N1CCN(CC(=O)NC2CC2)CC1.I. The Bertz CT molecular complexity index is 763. The Morgan fingerprint density at radius 2 is 1.87 bits per heavy atom. The van der Waals surface area contributed by atoms with Gasteiger partial charge in [0.2, 0.25) is 5.91 Å². The number of halogens is 1. The molecule has 164 valence electrons. The van der Waals surface area contributed by atoms with E-state index in [-0.39, 0.29) is 29.9 Å². The summed E-state index contributed by atoms with van der Waals surface area (Å²) >= 11 is 0. The molecule has 2 N–H and O–H groups in total. The summed E-state index contributed by atoms with van der Waals surface area (Å²) in [4.78, 5) is 23.3. The van der Waals surface area contributed by atoms with Crippen LogP contribution in [0, 0.1) is 0 Å². The van der Waals surface area contributed by atoms with Gasteiger partial charge in [0.1, 0.15) is 0 Å².